The summed E-state index contributed by atoms with van der Waals surface area (Å²) < 4.78 is 99.8. The molecule has 1 aliphatic carbocycles. The average molecular weight is 518 g/mol. The molecule has 0 spiro atoms. The Hall–Kier alpha value is -2.82. The number of fused-ring (bicyclic) bond motifs is 1. The van der Waals surface area contributed by atoms with Gasteiger partial charge >= 0.3 is 18.4 Å². The van der Waals surface area contributed by atoms with Crippen molar-refractivity contribution in [1.82, 2.24) is 4.90 Å². The zero-order chi connectivity index (χ0) is 26.4. The molecule has 36 heavy (non-hydrogen) atoms. The Bertz CT molecular complexity index is 1070. The Labute approximate surface area is 203 Å². The van der Waals surface area contributed by atoms with E-state index in [2.05, 4.69) is 0 Å². The van der Waals surface area contributed by atoms with E-state index in [9.17, 15) is 35.5 Å². The molecule has 1 saturated heterocycles. The van der Waals surface area contributed by atoms with E-state index >= 15 is 0 Å². The van der Waals surface area contributed by atoms with Gasteiger partial charge in [-0.15, -0.1) is 0 Å². The second kappa shape index (κ2) is 9.57. The molecule has 1 heterocycles. The first-order valence-electron chi connectivity index (χ1n) is 11.5. The summed E-state index contributed by atoms with van der Waals surface area (Å²) in [5.41, 5.74) is 3.12. The van der Waals surface area contributed by atoms with E-state index in [0.29, 0.717) is 38.1 Å². The molecule has 4 nitrogen and oxygen atoms in total. The number of nitrogens with two attached hydrogens (primary N) is 1. The van der Waals surface area contributed by atoms with E-state index in [1.807, 2.05) is 0 Å². The summed E-state index contributed by atoms with van der Waals surface area (Å²) in [6.45, 7) is 2.19. The number of hydrogen-bond donors (Lipinski definition) is 1. The third-order valence-corrected chi connectivity index (χ3v) is 7.20. The van der Waals surface area contributed by atoms with Crippen molar-refractivity contribution in [1.29, 1.82) is 0 Å². The Morgan fingerprint density at radius 3 is 2.08 bits per heavy atom. The van der Waals surface area contributed by atoms with Crippen molar-refractivity contribution in [3.05, 3.63) is 70.5 Å². The predicted molar refractivity (Wildman–Crippen MR) is 116 cm³/mol. The van der Waals surface area contributed by atoms with Gasteiger partial charge in [-0.1, -0.05) is 12.1 Å². The number of nitrogens with zero attached hydrogens (tertiary/aromatic N) is 1. The van der Waals surface area contributed by atoms with Crippen LogP contribution in [0, 0.1) is 17.7 Å². The SMILES string of the molecule is C[C@@H](O[C@H]1CCC2CN(C(N)=O)CC2[C@@H]1c1ccc(F)cc1)c1cc(C(F)(F)F)cc(C(F)(F)F)c1. The van der Waals surface area contributed by atoms with Gasteiger partial charge in [0.1, 0.15) is 5.82 Å². The van der Waals surface area contributed by atoms with E-state index in [0.717, 1.165) is 5.56 Å². The minimum absolute atomic E-state index is 0.0830. The summed E-state index contributed by atoms with van der Waals surface area (Å²) in [7, 11) is 0. The first-order chi connectivity index (χ1) is 16.7. The number of alkyl halides is 6. The van der Waals surface area contributed by atoms with Crippen molar-refractivity contribution in [2.75, 3.05) is 13.1 Å². The van der Waals surface area contributed by atoms with E-state index in [4.69, 9.17) is 10.5 Å². The van der Waals surface area contributed by atoms with Crippen LogP contribution < -0.4 is 5.73 Å². The molecule has 2 fully saturated rings. The molecule has 0 aromatic heterocycles. The van der Waals surface area contributed by atoms with Gasteiger partial charge < -0.3 is 15.4 Å². The van der Waals surface area contributed by atoms with Crippen LogP contribution in [0.1, 0.15) is 54.0 Å². The lowest BCUT2D eigenvalue weighted by Crippen LogP contribution is -2.38. The number of primary amides is 1. The highest BCUT2D eigenvalue weighted by atomic mass is 19.4. The van der Waals surface area contributed by atoms with Gasteiger partial charge in [0.15, 0.2) is 0 Å². The minimum Gasteiger partial charge on any atom is -0.370 e. The van der Waals surface area contributed by atoms with Gasteiger partial charge in [-0.2, -0.15) is 26.3 Å². The van der Waals surface area contributed by atoms with Crippen LogP contribution in [0.3, 0.4) is 0 Å². The van der Waals surface area contributed by atoms with Gasteiger partial charge in [-0.25, -0.2) is 9.18 Å². The molecule has 2 amide bonds. The number of urea groups is 1. The molecule has 11 heteroatoms. The number of hydrogen-bond acceptors (Lipinski definition) is 2. The molecule has 1 aliphatic heterocycles. The van der Waals surface area contributed by atoms with Crippen LogP contribution in [0.2, 0.25) is 0 Å². The van der Waals surface area contributed by atoms with Crippen molar-refractivity contribution in [2.24, 2.45) is 17.6 Å². The van der Waals surface area contributed by atoms with Gasteiger partial charge in [0, 0.05) is 19.0 Å². The first-order valence-corrected chi connectivity index (χ1v) is 11.5. The summed E-state index contributed by atoms with van der Waals surface area (Å²) in [6.07, 6.45) is -10.5. The number of halogens is 7. The maximum atomic E-state index is 13.6. The van der Waals surface area contributed by atoms with Gasteiger partial charge in [0.25, 0.3) is 0 Å². The molecule has 0 bridgehead atoms. The van der Waals surface area contributed by atoms with Crippen LogP contribution in [0.5, 0.6) is 0 Å². The van der Waals surface area contributed by atoms with E-state index in [1.165, 1.54) is 24.0 Å². The van der Waals surface area contributed by atoms with Crippen LogP contribution in [-0.4, -0.2) is 30.1 Å². The predicted octanol–water partition coefficient (Wildman–Crippen LogP) is 6.51. The first kappa shape index (κ1) is 26.2. The molecule has 2 aliphatic rings. The normalized spacial score (nSPS) is 25.5. The highest BCUT2D eigenvalue weighted by Crippen LogP contribution is 2.48. The molecule has 1 saturated carbocycles. The van der Waals surface area contributed by atoms with Gasteiger partial charge in [0.2, 0.25) is 0 Å². The third kappa shape index (κ3) is 5.45. The lowest BCUT2D eigenvalue weighted by Gasteiger charge is -2.41. The number of rotatable bonds is 4. The number of likely N-dealkylation sites (tertiary alicyclic amines) is 1. The number of amides is 2. The molecule has 4 rings (SSSR count). The van der Waals surface area contributed by atoms with Gasteiger partial charge in [-0.3, -0.25) is 0 Å². The molecule has 196 valence electrons. The Morgan fingerprint density at radius 2 is 1.56 bits per heavy atom. The molecular formula is C25H25F7N2O2. The summed E-state index contributed by atoms with van der Waals surface area (Å²) in [5.74, 6) is -0.830. The summed E-state index contributed by atoms with van der Waals surface area (Å²) in [5, 5.41) is 0. The number of ether oxygens (including phenoxy) is 1. The van der Waals surface area contributed by atoms with Crippen molar-refractivity contribution >= 4 is 6.03 Å². The average Bonchev–Trinajstić information content (AvgIpc) is 3.23. The van der Waals surface area contributed by atoms with Crippen molar-refractivity contribution in [3.63, 3.8) is 0 Å². The van der Waals surface area contributed by atoms with E-state index < -0.39 is 47.5 Å². The lowest BCUT2D eigenvalue weighted by atomic mass is 9.69. The maximum Gasteiger partial charge on any atom is 0.416 e. The monoisotopic (exact) mass is 518 g/mol. The van der Waals surface area contributed by atoms with Crippen molar-refractivity contribution in [3.8, 4) is 0 Å². The van der Waals surface area contributed by atoms with Crippen LogP contribution in [0.25, 0.3) is 0 Å². The number of carbonyl (C=O) groups excluding carboxylic acids is 1. The van der Waals surface area contributed by atoms with Crippen molar-refractivity contribution in [2.45, 2.75) is 50.2 Å². The number of benzene rings is 2. The van der Waals surface area contributed by atoms with Gasteiger partial charge in [-0.05, 0) is 73.1 Å². The Balaban J connectivity index is 1.66. The molecule has 5 atom stereocenters. The fourth-order valence-electron chi connectivity index (χ4n) is 5.48. The quantitative estimate of drug-likeness (QED) is 0.469. The Kier molecular flexibility index (Phi) is 6.98. The third-order valence-electron chi connectivity index (χ3n) is 7.20. The Morgan fingerprint density at radius 1 is 0.972 bits per heavy atom. The smallest absolute Gasteiger partial charge is 0.370 e. The van der Waals surface area contributed by atoms with E-state index in [-0.39, 0.29) is 29.4 Å². The largest absolute Gasteiger partial charge is 0.416 e. The molecule has 2 aromatic carbocycles. The molecule has 2 aromatic rings. The summed E-state index contributed by atoms with van der Waals surface area (Å²) in [6, 6.07) is 6.58. The standard InChI is InChI=1S/C25H25F7N2O2/c1-13(16-8-17(24(27,28)29)10-18(9-16)25(30,31)32)36-21-7-4-15-11-34(23(33)35)12-20(15)22(21)14-2-5-19(26)6-3-14/h2-3,5-6,8-10,13,15,20-22H,4,7,11-12H2,1H3,(H2,33,35)/t13-,15?,20?,21+,22+/m1/s1. The maximum absolute atomic E-state index is 13.6. The van der Waals surface area contributed by atoms with E-state index in [1.54, 1.807) is 12.1 Å². The molecule has 0 radical (unpaired) electrons. The zero-order valence-electron chi connectivity index (χ0n) is 19.2. The second-order valence-corrected chi connectivity index (χ2v) is 9.48. The van der Waals surface area contributed by atoms with Crippen LogP contribution in [-0.2, 0) is 17.1 Å². The fraction of sp³-hybridized carbons (Fsp3) is 0.480. The minimum atomic E-state index is -4.97. The van der Waals surface area contributed by atoms with Crippen LogP contribution in [0.4, 0.5) is 35.5 Å². The molecular weight excluding hydrogens is 493 g/mol. The van der Waals surface area contributed by atoms with Crippen LogP contribution >= 0.6 is 0 Å². The summed E-state index contributed by atoms with van der Waals surface area (Å²) >= 11 is 0. The summed E-state index contributed by atoms with van der Waals surface area (Å²) in [4.78, 5) is 13.3. The number of carbonyl (C=O) groups is 1. The van der Waals surface area contributed by atoms with Crippen molar-refractivity contribution < 1.29 is 40.3 Å². The van der Waals surface area contributed by atoms with Crippen LogP contribution in [0.15, 0.2) is 42.5 Å². The highest BCUT2D eigenvalue weighted by molar-refractivity contribution is 5.72. The zero-order valence-corrected chi connectivity index (χ0v) is 19.2. The fourth-order valence-corrected chi connectivity index (χ4v) is 5.48. The molecule has 2 unspecified atom stereocenters. The topological polar surface area (TPSA) is 55.6 Å². The lowest BCUT2D eigenvalue weighted by molar-refractivity contribution is -0.143. The molecule has 2 N–H and O–H groups in total. The highest BCUT2D eigenvalue weighted by Gasteiger charge is 2.47. The van der Waals surface area contributed by atoms with Gasteiger partial charge in [0.05, 0.1) is 23.3 Å². The second-order valence-electron chi connectivity index (χ2n) is 9.48.